The van der Waals surface area contributed by atoms with Crippen molar-refractivity contribution < 1.29 is 9.53 Å². The first-order valence-corrected chi connectivity index (χ1v) is 8.19. The minimum atomic E-state index is -0.440. The molecule has 0 aliphatic rings. The molecule has 0 fully saturated rings. The molecule has 2 rings (SSSR count). The van der Waals surface area contributed by atoms with Crippen LogP contribution in [0.25, 0.3) is 0 Å². The summed E-state index contributed by atoms with van der Waals surface area (Å²) >= 11 is 0. The predicted molar refractivity (Wildman–Crippen MR) is 97.5 cm³/mol. The monoisotopic (exact) mass is 344 g/mol. The van der Waals surface area contributed by atoms with Crippen LogP contribution in [0, 0.1) is 0 Å². The molecule has 8 heteroatoms. The van der Waals surface area contributed by atoms with Gasteiger partial charge in [-0.2, -0.15) is 15.0 Å². The summed E-state index contributed by atoms with van der Waals surface area (Å²) in [6.07, 6.45) is 2.11. The van der Waals surface area contributed by atoms with Crippen LogP contribution in [0.4, 0.5) is 17.6 Å². The topological polar surface area (TPSA) is 106 Å². The van der Waals surface area contributed by atoms with E-state index in [4.69, 9.17) is 10.5 Å². The van der Waals surface area contributed by atoms with E-state index in [1.165, 1.54) is 0 Å². The number of hydrogen-bond donors (Lipinski definition) is 2. The second-order valence-corrected chi connectivity index (χ2v) is 5.71. The maximum atomic E-state index is 12.4. The summed E-state index contributed by atoms with van der Waals surface area (Å²) in [6.45, 7) is 2.84. The third-order valence-electron chi connectivity index (χ3n) is 3.41. The van der Waals surface area contributed by atoms with E-state index in [2.05, 4.69) is 27.2 Å². The lowest BCUT2D eigenvalue weighted by molar-refractivity contribution is 0.0463. The largest absolute Gasteiger partial charge is 0.454 e. The highest BCUT2D eigenvalue weighted by Gasteiger charge is 2.14. The van der Waals surface area contributed by atoms with Crippen LogP contribution in [0.1, 0.15) is 35.9 Å². The Hall–Kier alpha value is -2.90. The fourth-order valence-corrected chi connectivity index (χ4v) is 2.11. The van der Waals surface area contributed by atoms with Gasteiger partial charge in [0.15, 0.2) is 12.4 Å². The summed E-state index contributed by atoms with van der Waals surface area (Å²) in [5.74, 6) is 0.373. The second-order valence-electron chi connectivity index (χ2n) is 5.71. The Bertz CT molecular complexity index is 720. The zero-order valence-electron chi connectivity index (χ0n) is 14.8. The Kier molecular flexibility index (Phi) is 6.50. The number of nitrogens with zero attached hydrogens (tertiary/aromatic N) is 4. The summed E-state index contributed by atoms with van der Waals surface area (Å²) in [5.41, 5.74) is 6.90. The number of esters is 1. The van der Waals surface area contributed by atoms with E-state index in [-0.39, 0.29) is 12.6 Å². The van der Waals surface area contributed by atoms with Gasteiger partial charge in [-0.1, -0.05) is 25.5 Å². The molecule has 0 bridgehead atoms. The lowest BCUT2D eigenvalue weighted by Crippen LogP contribution is -2.17. The molecule has 0 radical (unpaired) electrons. The number of carbonyl (C=O) groups excluding carboxylic acids is 1. The normalized spacial score (nSPS) is 10.4. The second kappa shape index (κ2) is 8.81. The molecule has 134 valence electrons. The number of benzene rings is 1. The zero-order valence-corrected chi connectivity index (χ0v) is 14.8. The first kappa shape index (κ1) is 18.4. The number of aromatic nitrogens is 3. The molecule has 0 amide bonds. The molecular weight excluding hydrogens is 320 g/mol. The van der Waals surface area contributed by atoms with Crippen molar-refractivity contribution in [3.05, 3.63) is 35.7 Å². The maximum absolute atomic E-state index is 12.4. The molecule has 25 heavy (non-hydrogen) atoms. The van der Waals surface area contributed by atoms with Crippen LogP contribution in [-0.4, -0.2) is 41.6 Å². The Balaban J connectivity index is 2.06. The van der Waals surface area contributed by atoms with Crippen LogP contribution < -0.4 is 16.0 Å². The lowest BCUT2D eigenvalue weighted by atomic mass is 10.1. The molecule has 0 atom stereocenters. The van der Waals surface area contributed by atoms with Crippen molar-refractivity contribution in [2.45, 2.75) is 26.4 Å². The highest BCUT2D eigenvalue weighted by molar-refractivity contribution is 5.95. The van der Waals surface area contributed by atoms with E-state index >= 15 is 0 Å². The highest BCUT2D eigenvalue weighted by Crippen LogP contribution is 2.17. The number of hydrogen-bond acceptors (Lipinski definition) is 8. The quantitative estimate of drug-likeness (QED) is 0.554. The van der Waals surface area contributed by atoms with Crippen molar-refractivity contribution in [2.75, 3.05) is 36.6 Å². The van der Waals surface area contributed by atoms with Crippen molar-refractivity contribution in [3.63, 3.8) is 0 Å². The van der Waals surface area contributed by atoms with Crippen LogP contribution >= 0.6 is 0 Å². The van der Waals surface area contributed by atoms with Gasteiger partial charge in [-0.05, 0) is 18.6 Å². The number of carbonyl (C=O) groups is 1. The minimum absolute atomic E-state index is 0.0737. The predicted octanol–water partition coefficient (Wildman–Crippen LogP) is 2.09. The third kappa shape index (κ3) is 5.30. The molecule has 1 heterocycles. The first-order chi connectivity index (χ1) is 12.0. The van der Waals surface area contributed by atoms with Gasteiger partial charge in [0.05, 0.1) is 5.56 Å². The van der Waals surface area contributed by atoms with Gasteiger partial charge in [-0.15, -0.1) is 0 Å². The number of nitrogens with two attached hydrogens (primary N) is 1. The summed E-state index contributed by atoms with van der Waals surface area (Å²) in [7, 11) is 3.59. The van der Waals surface area contributed by atoms with E-state index in [1.54, 1.807) is 31.1 Å². The third-order valence-corrected chi connectivity index (χ3v) is 3.41. The van der Waals surface area contributed by atoms with Crippen molar-refractivity contribution in [3.8, 4) is 0 Å². The number of nitrogen functional groups attached to an aromatic ring is 1. The fraction of sp³-hybridized carbons (Fsp3) is 0.412. The van der Waals surface area contributed by atoms with Crippen LogP contribution in [-0.2, 0) is 11.3 Å². The molecule has 0 saturated carbocycles. The van der Waals surface area contributed by atoms with Gasteiger partial charge in [0.25, 0.3) is 0 Å². The van der Waals surface area contributed by atoms with E-state index in [0.29, 0.717) is 17.3 Å². The van der Waals surface area contributed by atoms with E-state index in [1.807, 2.05) is 12.1 Å². The summed E-state index contributed by atoms with van der Waals surface area (Å²) in [4.78, 5) is 26.3. The minimum Gasteiger partial charge on any atom is -0.454 e. The first-order valence-electron chi connectivity index (χ1n) is 8.19. The van der Waals surface area contributed by atoms with Crippen LogP contribution in [0.15, 0.2) is 24.3 Å². The molecular formula is C17H24N6O2. The molecule has 3 N–H and O–H groups in total. The Morgan fingerprint density at radius 2 is 2.00 bits per heavy atom. The van der Waals surface area contributed by atoms with Gasteiger partial charge < -0.3 is 20.7 Å². The number of nitrogens with one attached hydrogen (secondary N) is 1. The molecule has 0 aliphatic carbocycles. The summed E-state index contributed by atoms with van der Waals surface area (Å²) in [6, 6.07) is 7.26. The number of anilines is 3. The average molecular weight is 344 g/mol. The molecule has 0 unspecified atom stereocenters. The van der Waals surface area contributed by atoms with Crippen LogP contribution in [0.2, 0.25) is 0 Å². The van der Waals surface area contributed by atoms with E-state index < -0.39 is 5.97 Å². The molecule has 0 saturated heterocycles. The summed E-state index contributed by atoms with van der Waals surface area (Å²) in [5, 5.41) is 3.26. The smallest absolute Gasteiger partial charge is 0.340 e. The molecule has 8 nitrogen and oxygen atoms in total. The van der Waals surface area contributed by atoms with Crippen molar-refractivity contribution >= 4 is 23.6 Å². The number of rotatable bonds is 8. The average Bonchev–Trinajstić information content (AvgIpc) is 2.60. The number of unbranched alkanes of at least 4 members (excludes halogenated alkanes) is 1. The van der Waals surface area contributed by atoms with Gasteiger partial charge in [0, 0.05) is 26.3 Å². The number of para-hydroxylation sites is 1. The van der Waals surface area contributed by atoms with Crippen LogP contribution in [0.5, 0.6) is 0 Å². The molecule has 0 spiro atoms. The van der Waals surface area contributed by atoms with Gasteiger partial charge in [-0.25, -0.2) is 4.79 Å². The van der Waals surface area contributed by atoms with Crippen molar-refractivity contribution in [2.24, 2.45) is 0 Å². The molecule has 2 aromatic rings. The van der Waals surface area contributed by atoms with Gasteiger partial charge >= 0.3 is 5.97 Å². The number of ether oxygens (including phenoxy) is 1. The highest BCUT2D eigenvalue weighted by atomic mass is 16.5. The van der Waals surface area contributed by atoms with Gasteiger partial charge in [0.2, 0.25) is 11.9 Å². The summed E-state index contributed by atoms with van der Waals surface area (Å²) < 4.78 is 5.35. The Morgan fingerprint density at radius 3 is 2.72 bits per heavy atom. The van der Waals surface area contributed by atoms with Gasteiger partial charge in [-0.3, -0.25) is 0 Å². The van der Waals surface area contributed by atoms with E-state index in [9.17, 15) is 4.79 Å². The Labute approximate surface area is 147 Å². The van der Waals surface area contributed by atoms with Crippen molar-refractivity contribution in [1.29, 1.82) is 0 Å². The standard InChI is InChI=1S/C17H24N6O2/c1-4-5-10-19-13-9-7-6-8-12(13)15(24)25-11-14-20-16(18)22-17(21-14)23(2)3/h6-9,19H,4-5,10-11H2,1-3H3,(H2,18,20,21,22). The molecule has 1 aromatic heterocycles. The van der Waals surface area contributed by atoms with Crippen LogP contribution in [0.3, 0.4) is 0 Å². The maximum Gasteiger partial charge on any atom is 0.340 e. The fourth-order valence-electron chi connectivity index (χ4n) is 2.11. The van der Waals surface area contributed by atoms with Crippen molar-refractivity contribution in [1.82, 2.24) is 15.0 Å². The SMILES string of the molecule is CCCCNc1ccccc1C(=O)OCc1nc(N)nc(N(C)C)n1. The van der Waals surface area contributed by atoms with Gasteiger partial charge in [0.1, 0.15) is 0 Å². The molecule has 1 aromatic carbocycles. The van der Waals surface area contributed by atoms with E-state index in [0.717, 1.165) is 25.1 Å². The zero-order chi connectivity index (χ0) is 18.2. The lowest BCUT2D eigenvalue weighted by Gasteiger charge is -2.13. The molecule has 0 aliphatic heterocycles. The Morgan fingerprint density at radius 1 is 1.24 bits per heavy atom.